The average Bonchev–Trinajstić information content (AvgIpc) is 2.90. The zero-order valence-electron chi connectivity index (χ0n) is 19.6. The van der Waals surface area contributed by atoms with Crippen LogP contribution in [-0.2, 0) is 19.5 Å². The minimum atomic E-state index is 0.476. The number of hydrogen-bond acceptors (Lipinski definition) is 4. The van der Waals surface area contributed by atoms with E-state index < -0.39 is 0 Å². The van der Waals surface area contributed by atoms with E-state index in [-0.39, 0.29) is 0 Å². The van der Waals surface area contributed by atoms with Crippen molar-refractivity contribution in [3.8, 4) is 11.5 Å². The summed E-state index contributed by atoms with van der Waals surface area (Å²) in [6.45, 7) is 5.31. The highest BCUT2D eigenvalue weighted by atomic mass is 16.5. The van der Waals surface area contributed by atoms with Gasteiger partial charge in [0, 0.05) is 35.6 Å². The molecule has 4 nitrogen and oxygen atoms in total. The molecule has 3 aliphatic rings. The molecule has 0 saturated heterocycles. The molecule has 6 rings (SSSR count). The van der Waals surface area contributed by atoms with E-state index in [1.54, 1.807) is 0 Å². The number of allylic oxidation sites excluding steroid dienone is 3. The number of benzene rings is 3. The van der Waals surface area contributed by atoms with Crippen LogP contribution >= 0.6 is 0 Å². The van der Waals surface area contributed by atoms with Crippen LogP contribution in [0.1, 0.15) is 23.6 Å². The monoisotopic (exact) mass is 450 g/mol. The SMILES string of the molecule is CC1C=C(N2COc3ccccc3C2)C=CC1Cc1ccc(N2COc3ccccc3C2)cc1. The van der Waals surface area contributed by atoms with E-state index in [1.165, 1.54) is 28.1 Å². The summed E-state index contributed by atoms with van der Waals surface area (Å²) in [4.78, 5) is 4.60. The van der Waals surface area contributed by atoms with Crippen molar-refractivity contribution in [2.24, 2.45) is 11.8 Å². The van der Waals surface area contributed by atoms with Gasteiger partial charge in [-0.05, 0) is 54.2 Å². The maximum Gasteiger partial charge on any atom is 0.161 e. The van der Waals surface area contributed by atoms with Gasteiger partial charge in [-0.1, -0.05) is 67.6 Å². The smallest absolute Gasteiger partial charge is 0.161 e. The molecule has 0 fully saturated rings. The topological polar surface area (TPSA) is 24.9 Å². The number of nitrogens with zero attached hydrogens (tertiary/aromatic N) is 2. The Hall–Kier alpha value is -3.66. The van der Waals surface area contributed by atoms with Crippen molar-refractivity contribution in [3.05, 3.63) is 113 Å². The minimum Gasteiger partial charge on any atom is -0.473 e. The van der Waals surface area contributed by atoms with Crippen LogP contribution in [0.5, 0.6) is 11.5 Å². The summed E-state index contributed by atoms with van der Waals surface area (Å²) < 4.78 is 11.9. The molecule has 0 radical (unpaired) electrons. The molecule has 2 heterocycles. The van der Waals surface area contributed by atoms with Crippen molar-refractivity contribution in [2.45, 2.75) is 26.4 Å². The summed E-state index contributed by atoms with van der Waals surface area (Å²) in [5, 5.41) is 0. The van der Waals surface area contributed by atoms with Crippen LogP contribution in [0.3, 0.4) is 0 Å². The van der Waals surface area contributed by atoms with Crippen LogP contribution in [0.25, 0.3) is 0 Å². The van der Waals surface area contributed by atoms with Crippen LogP contribution in [0, 0.1) is 11.8 Å². The Balaban J connectivity index is 1.08. The Morgan fingerprint density at radius 1 is 0.765 bits per heavy atom. The third-order valence-corrected chi connectivity index (χ3v) is 7.18. The zero-order valence-corrected chi connectivity index (χ0v) is 19.6. The molecule has 2 atom stereocenters. The first-order valence-corrected chi connectivity index (χ1v) is 12.1. The summed E-state index contributed by atoms with van der Waals surface area (Å²) in [5.41, 5.74) is 6.33. The van der Waals surface area contributed by atoms with E-state index in [0.717, 1.165) is 31.0 Å². The second-order valence-electron chi connectivity index (χ2n) is 9.50. The quantitative estimate of drug-likeness (QED) is 0.476. The van der Waals surface area contributed by atoms with Crippen LogP contribution in [0.4, 0.5) is 5.69 Å². The summed E-state index contributed by atoms with van der Waals surface area (Å²) in [6, 6.07) is 25.6. The lowest BCUT2D eigenvalue weighted by molar-refractivity contribution is 0.130. The molecule has 3 aromatic rings. The van der Waals surface area contributed by atoms with Gasteiger partial charge in [-0.15, -0.1) is 0 Å². The molecule has 2 aliphatic heterocycles. The van der Waals surface area contributed by atoms with E-state index >= 15 is 0 Å². The molecule has 0 N–H and O–H groups in total. The van der Waals surface area contributed by atoms with Crippen molar-refractivity contribution < 1.29 is 9.47 Å². The van der Waals surface area contributed by atoms with Crippen LogP contribution in [-0.4, -0.2) is 18.4 Å². The molecule has 3 aromatic carbocycles. The summed E-state index contributed by atoms with van der Waals surface area (Å²) in [5.74, 6) is 2.98. The second kappa shape index (κ2) is 8.94. The average molecular weight is 451 g/mol. The molecule has 34 heavy (non-hydrogen) atoms. The lowest BCUT2D eigenvalue weighted by Gasteiger charge is -2.34. The Labute approximate surface area is 201 Å². The molecule has 1 aliphatic carbocycles. The van der Waals surface area contributed by atoms with Gasteiger partial charge < -0.3 is 19.3 Å². The fourth-order valence-electron chi connectivity index (χ4n) is 5.11. The van der Waals surface area contributed by atoms with Crippen LogP contribution in [0.15, 0.2) is 96.7 Å². The zero-order chi connectivity index (χ0) is 22.9. The largest absolute Gasteiger partial charge is 0.473 e. The lowest BCUT2D eigenvalue weighted by Crippen LogP contribution is -2.32. The predicted octanol–water partition coefficient (Wildman–Crippen LogP) is 6.14. The molecule has 0 aromatic heterocycles. The van der Waals surface area contributed by atoms with Gasteiger partial charge in [0.15, 0.2) is 13.5 Å². The van der Waals surface area contributed by atoms with Crippen molar-refractivity contribution >= 4 is 5.69 Å². The van der Waals surface area contributed by atoms with Crippen molar-refractivity contribution in [1.82, 2.24) is 4.90 Å². The number of anilines is 1. The van der Waals surface area contributed by atoms with Gasteiger partial charge in [-0.2, -0.15) is 0 Å². The molecule has 0 spiro atoms. The van der Waals surface area contributed by atoms with Gasteiger partial charge in [0.05, 0.1) is 0 Å². The number of rotatable bonds is 4. The molecular weight excluding hydrogens is 420 g/mol. The van der Waals surface area contributed by atoms with Gasteiger partial charge >= 0.3 is 0 Å². The minimum absolute atomic E-state index is 0.476. The predicted molar refractivity (Wildman–Crippen MR) is 136 cm³/mol. The second-order valence-corrected chi connectivity index (χ2v) is 9.50. The maximum absolute atomic E-state index is 5.97. The summed E-state index contributed by atoms with van der Waals surface area (Å²) in [6.07, 6.45) is 8.10. The van der Waals surface area contributed by atoms with Gasteiger partial charge in [-0.25, -0.2) is 0 Å². The Bertz CT molecular complexity index is 1230. The Morgan fingerprint density at radius 2 is 1.38 bits per heavy atom. The van der Waals surface area contributed by atoms with E-state index in [0.29, 0.717) is 25.3 Å². The molecule has 0 bridgehead atoms. The third-order valence-electron chi connectivity index (χ3n) is 7.18. The number of ether oxygens (including phenoxy) is 2. The standard InChI is InChI=1S/C30H30N2O2/c1-22-16-28(32-19-26-7-3-5-9-30(26)34-21-32)15-12-24(22)17-23-10-13-27(14-11-23)31-18-25-6-2-4-8-29(25)33-20-31/h2-16,22,24H,17-21H2,1H3. The normalized spacial score (nSPS) is 21.1. The van der Waals surface area contributed by atoms with E-state index in [2.05, 4.69) is 89.5 Å². The van der Waals surface area contributed by atoms with E-state index in [9.17, 15) is 0 Å². The first-order chi connectivity index (χ1) is 16.7. The number of para-hydroxylation sites is 2. The van der Waals surface area contributed by atoms with Crippen molar-refractivity contribution in [2.75, 3.05) is 18.4 Å². The van der Waals surface area contributed by atoms with Crippen molar-refractivity contribution in [1.29, 1.82) is 0 Å². The third kappa shape index (κ3) is 4.16. The van der Waals surface area contributed by atoms with Crippen LogP contribution < -0.4 is 14.4 Å². The fourth-order valence-corrected chi connectivity index (χ4v) is 5.11. The van der Waals surface area contributed by atoms with Gasteiger partial charge in [-0.3, -0.25) is 0 Å². The molecule has 172 valence electrons. The van der Waals surface area contributed by atoms with Gasteiger partial charge in [0.2, 0.25) is 0 Å². The van der Waals surface area contributed by atoms with Crippen molar-refractivity contribution in [3.63, 3.8) is 0 Å². The first-order valence-electron chi connectivity index (χ1n) is 12.1. The summed E-state index contributed by atoms with van der Waals surface area (Å²) in [7, 11) is 0. The highest BCUT2D eigenvalue weighted by Gasteiger charge is 2.23. The fraction of sp³-hybridized carbons (Fsp3) is 0.267. The van der Waals surface area contributed by atoms with E-state index in [4.69, 9.17) is 9.47 Å². The Kier molecular flexibility index (Phi) is 5.50. The molecule has 0 amide bonds. The maximum atomic E-state index is 5.97. The van der Waals surface area contributed by atoms with Crippen LogP contribution in [0.2, 0.25) is 0 Å². The lowest BCUT2D eigenvalue weighted by atomic mass is 9.84. The molecule has 0 saturated carbocycles. The highest BCUT2D eigenvalue weighted by molar-refractivity contribution is 5.51. The first kappa shape index (κ1) is 20.9. The number of hydrogen-bond donors (Lipinski definition) is 0. The highest BCUT2D eigenvalue weighted by Crippen LogP contribution is 2.33. The summed E-state index contributed by atoms with van der Waals surface area (Å²) >= 11 is 0. The van der Waals surface area contributed by atoms with Gasteiger partial charge in [0.25, 0.3) is 0 Å². The molecule has 2 unspecified atom stereocenters. The Morgan fingerprint density at radius 3 is 2.06 bits per heavy atom. The number of fused-ring (bicyclic) bond motifs is 2. The van der Waals surface area contributed by atoms with Gasteiger partial charge in [0.1, 0.15) is 11.5 Å². The molecular formula is C30H30N2O2. The molecule has 4 heteroatoms. The van der Waals surface area contributed by atoms with E-state index in [1.807, 2.05) is 18.2 Å².